The minimum Gasteiger partial charge on any atom is -0.356 e. The van der Waals surface area contributed by atoms with Crippen molar-refractivity contribution >= 4 is 26.9 Å². The van der Waals surface area contributed by atoms with Crippen molar-refractivity contribution in [2.75, 3.05) is 43.9 Å². The second kappa shape index (κ2) is 9.97. The van der Waals surface area contributed by atoms with Crippen LogP contribution in [0.25, 0.3) is 11.0 Å². The zero-order valence-corrected chi connectivity index (χ0v) is 20.5. The number of hydrogen-bond acceptors (Lipinski definition) is 7. The van der Waals surface area contributed by atoms with Crippen molar-refractivity contribution in [3.63, 3.8) is 0 Å². The average molecular weight is 484 g/mol. The van der Waals surface area contributed by atoms with Crippen molar-refractivity contribution in [1.82, 2.24) is 29.1 Å². The Morgan fingerprint density at radius 1 is 1.03 bits per heavy atom. The van der Waals surface area contributed by atoms with Gasteiger partial charge in [-0.2, -0.15) is 4.31 Å². The van der Waals surface area contributed by atoms with Crippen LogP contribution in [0.4, 0.5) is 5.82 Å². The Morgan fingerprint density at radius 2 is 1.82 bits per heavy atom. The van der Waals surface area contributed by atoms with Crippen molar-refractivity contribution in [3.8, 4) is 0 Å². The van der Waals surface area contributed by atoms with Gasteiger partial charge >= 0.3 is 0 Å². The number of fused-ring (bicyclic) bond motifs is 1. The lowest BCUT2D eigenvalue weighted by Crippen LogP contribution is -2.49. The summed E-state index contributed by atoms with van der Waals surface area (Å²) in [6.07, 6.45) is 9.09. The molecule has 5 rings (SSSR count). The standard InChI is InChI=1S/C24H33N7O2S/c1-29(24-22-9-11-26-23(22)27-18-28-24)21-7-5-19(6-8-21)17-34(32,33)31-14-12-30(13-15-31)16-20-4-2-3-10-25-20/h2-4,9-11,18-19,21H,5-8,12-17H2,1H3,(H,26,27,28). The van der Waals surface area contributed by atoms with E-state index in [0.29, 0.717) is 19.1 Å². The normalized spacial score (nSPS) is 22.7. The number of anilines is 1. The van der Waals surface area contributed by atoms with E-state index >= 15 is 0 Å². The molecule has 0 amide bonds. The molecule has 0 aromatic carbocycles. The maximum atomic E-state index is 13.1. The van der Waals surface area contributed by atoms with Crippen molar-refractivity contribution in [1.29, 1.82) is 0 Å². The molecule has 0 unspecified atom stereocenters. The van der Waals surface area contributed by atoms with Gasteiger partial charge in [-0.15, -0.1) is 0 Å². The second-order valence-corrected chi connectivity index (χ2v) is 11.5. The van der Waals surface area contributed by atoms with Crippen LogP contribution in [0.1, 0.15) is 31.4 Å². The van der Waals surface area contributed by atoms with Crippen molar-refractivity contribution < 1.29 is 8.42 Å². The summed E-state index contributed by atoms with van der Waals surface area (Å²) in [5.74, 6) is 1.42. The van der Waals surface area contributed by atoms with Crippen LogP contribution in [-0.4, -0.2) is 82.6 Å². The first-order valence-corrected chi connectivity index (χ1v) is 13.7. The van der Waals surface area contributed by atoms with E-state index in [9.17, 15) is 8.42 Å². The summed E-state index contributed by atoms with van der Waals surface area (Å²) < 4.78 is 28.0. The van der Waals surface area contributed by atoms with Gasteiger partial charge in [0.2, 0.25) is 10.0 Å². The molecule has 1 N–H and O–H groups in total. The van der Waals surface area contributed by atoms with Crippen LogP contribution in [0.2, 0.25) is 0 Å². The highest BCUT2D eigenvalue weighted by Gasteiger charge is 2.32. The van der Waals surface area contributed by atoms with Gasteiger partial charge in [-0.25, -0.2) is 18.4 Å². The first-order chi connectivity index (χ1) is 16.5. The van der Waals surface area contributed by atoms with E-state index in [2.05, 4.69) is 36.8 Å². The van der Waals surface area contributed by atoms with E-state index in [1.54, 1.807) is 16.8 Å². The number of rotatable bonds is 7. The summed E-state index contributed by atoms with van der Waals surface area (Å²) >= 11 is 0. The molecule has 4 heterocycles. The summed E-state index contributed by atoms with van der Waals surface area (Å²) in [7, 11) is -1.15. The molecule has 182 valence electrons. The van der Waals surface area contributed by atoms with E-state index in [4.69, 9.17) is 0 Å². The average Bonchev–Trinajstić information content (AvgIpc) is 3.34. The Morgan fingerprint density at radius 3 is 2.56 bits per heavy atom. The maximum Gasteiger partial charge on any atom is 0.214 e. The SMILES string of the molecule is CN(c1ncnc2[nH]ccc12)C1CCC(CS(=O)(=O)N2CCN(Cc3ccccn3)CC2)CC1. The molecular formula is C24H33N7O2S. The fraction of sp³-hybridized carbons (Fsp3) is 0.542. The third-order valence-corrected chi connectivity index (χ3v) is 9.36. The Labute approximate surface area is 201 Å². The summed E-state index contributed by atoms with van der Waals surface area (Å²) in [6, 6.07) is 8.29. The Balaban J connectivity index is 1.11. The van der Waals surface area contributed by atoms with Gasteiger partial charge in [-0.3, -0.25) is 9.88 Å². The molecule has 10 heteroatoms. The minimum absolute atomic E-state index is 0.221. The molecule has 1 aliphatic heterocycles. The van der Waals surface area contributed by atoms with Gasteiger partial charge in [0.15, 0.2) is 0 Å². The number of H-pyrrole nitrogens is 1. The molecule has 34 heavy (non-hydrogen) atoms. The summed E-state index contributed by atoms with van der Waals surface area (Å²) in [5.41, 5.74) is 1.87. The smallest absolute Gasteiger partial charge is 0.214 e. The van der Waals surface area contributed by atoms with Crippen LogP contribution in [0.3, 0.4) is 0 Å². The van der Waals surface area contributed by atoms with Gasteiger partial charge in [-0.05, 0) is 49.8 Å². The molecule has 9 nitrogen and oxygen atoms in total. The molecule has 1 aliphatic carbocycles. The van der Waals surface area contributed by atoms with Crippen LogP contribution in [0.15, 0.2) is 43.0 Å². The number of pyridine rings is 1. The highest BCUT2D eigenvalue weighted by molar-refractivity contribution is 7.89. The first kappa shape index (κ1) is 23.2. The molecule has 1 saturated carbocycles. The predicted molar refractivity (Wildman–Crippen MR) is 133 cm³/mol. The molecule has 2 aliphatic rings. The number of aromatic nitrogens is 4. The number of sulfonamides is 1. The third kappa shape index (κ3) is 5.08. The van der Waals surface area contributed by atoms with Gasteiger partial charge in [0, 0.05) is 58.2 Å². The third-order valence-electron chi connectivity index (χ3n) is 7.31. The van der Waals surface area contributed by atoms with Crippen LogP contribution < -0.4 is 4.90 Å². The van der Waals surface area contributed by atoms with Crippen molar-refractivity contribution in [2.45, 2.75) is 38.3 Å². The zero-order chi connectivity index (χ0) is 23.5. The van der Waals surface area contributed by atoms with Gasteiger partial charge < -0.3 is 9.88 Å². The quantitative estimate of drug-likeness (QED) is 0.551. The monoisotopic (exact) mass is 483 g/mol. The molecule has 3 aromatic rings. The van der Waals surface area contributed by atoms with E-state index in [-0.39, 0.29) is 11.7 Å². The second-order valence-electron chi connectivity index (χ2n) is 9.50. The Bertz CT molecular complexity index is 1180. The number of piperazine rings is 1. The summed E-state index contributed by atoms with van der Waals surface area (Å²) in [5, 5.41) is 1.02. The van der Waals surface area contributed by atoms with Crippen LogP contribution in [0, 0.1) is 5.92 Å². The Kier molecular flexibility index (Phi) is 6.80. The van der Waals surface area contributed by atoms with E-state index in [1.165, 1.54) is 0 Å². The lowest BCUT2D eigenvalue weighted by Gasteiger charge is -2.37. The number of nitrogens with one attached hydrogen (secondary N) is 1. The van der Waals surface area contributed by atoms with Crippen molar-refractivity contribution in [3.05, 3.63) is 48.7 Å². The van der Waals surface area contributed by atoms with Gasteiger partial charge in [0.1, 0.15) is 17.8 Å². The Hall–Kier alpha value is -2.56. The maximum absolute atomic E-state index is 13.1. The molecule has 1 saturated heterocycles. The highest BCUT2D eigenvalue weighted by Crippen LogP contribution is 2.32. The fourth-order valence-corrected chi connectivity index (χ4v) is 7.16. The van der Waals surface area contributed by atoms with Gasteiger partial charge in [0.25, 0.3) is 0 Å². The molecule has 0 atom stereocenters. The van der Waals surface area contributed by atoms with Gasteiger partial charge in [-0.1, -0.05) is 6.07 Å². The fourth-order valence-electron chi connectivity index (χ4n) is 5.30. The molecule has 2 fully saturated rings. The van der Waals surface area contributed by atoms with Gasteiger partial charge in [0.05, 0.1) is 16.8 Å². The van der Waals surface area contributed by atoms with Crippen molar-refractivity contribution in [2.24, 2.45) is 5.92 Å². The molecule has 0 spiro atoms. The van der Waals surface area contributed by atoms with Crippen LogP contribution in [0.5, 0.6) is 0 Å². The molecule has 0 bridgehead atoms. The molecule has 0 radical (unpaired) electrons. The van der Waals surface area contributed by atoms with Crippen LogP contribution >= 0.6 is 0 Å². The van der Waals surface area contributed by atoms with E-state index in [1.807, 2.05) is 30.5 Å². The lowest BCUT2D eigenvalue weighted by molar-refractivity contribution is 0.179. The molecular weight excluding hydrogens is 450 g/mol. The zero-order valence-electron chi connectivity index (χ0n) is 19.7. The minimum atomic E-state index is -3.24. The number of nitrogens with zero attached hydrogens (tertiary/aromatic N) is 6. The summed E-state index contributed by atoms with van der Waals surface area (Å²) in [6.45, 7) is 3.40. The van der Waals surface area contributed by atoms with E-state index < -0.39 is 10.0 Å². The first-order valence-electron chi connectivity index (χ1n) is 12.1. The number of aromatic amines is 1. The van der Waals surface area contributed by atoms with Crippen LogP contribution in [-0.2, 0) is 16.6 Å². The highest BCUT2D eigenvalue weighted by atomic mass is 32.2. The largest absolute Gasteiger partial charge is 0.356 e. The number of hydrogen-bond donors (Lipinski definition) is 1. The lowest BCUT2D eigenvalue weighted by atomic mass is 9.86. The van der Waals surface area contributed by atoms with E-state index in [0.717, 1.165) is 67.9 Å². The molecule has 3 aromatic heterocycles. The predicted octanol–water partition coefficient (Wildman–Crippen LogP) is 2.50. The topological polar surface area (TPSA) is 98.3 Å². The summed E-state index contributed by atoms with van der Waals surface area (Å²) in [4.78, 5) is 20.8.